The van der Waals surface area contributed by atoms with Gasteiger partial charge < -0.3 is 15.1 Å². The summed E-state index contributed by atoms with van der Waals surface area (Å²) in [5.41, 5.74) is 5.44. The second-order valence-electron chi connectivity index (χ2n) is 9.43. The van der Waals surface area contributed by atoms with E-state index in [1.54, 1.807) is 6.20 Å². The van der Waals surface area contributed by atoms with Crippen molar-refractivity contribution >= 4 is 22.4 Å². The predicted octanol–water partition coefficient (Wildman–Crippen LogP) is 2.55. The summed E-state index contributed by atoms with van der Waals surface area (Å²) in [4.78, 5) is 17.0. The molecular formula is C26H29N7. The van der Waals surface area contributed by atoms with Crippen LogP contribution in [0.1, 0.15) is 23.6 Å². The van der Waals surface area contributed by atoms with Gasteiger partial charge in [-0.2, -0.15) is 5.26 Å². The molecule has 2 fully saturated rings. The fourth-order valence-electron chi connectivity index (χ4n) is 5.94. The van der Waals surface area contributed by atoms with Crippen LogP contribution in [0.3, 0.4) is 0 Å². The Labute approximate surface area is 194 Å². The maximum atomic E-state index is 9.53. The van der Waals surface area contributed by atoms with E-state index in [-0.39, 0.29) is 0 Å². The van der Waals surface area contributed by atoms with Crippen molar-refractivity contribution < 1.29 is 0 Å². The van der Waals surface area contributed by atoms with Crippen molar-refractivity contribution in [3.8, 4) is 6.07 Å². The first-order chi connectivity index (χ1) is 16.2. The van der Waals surface area contributed by atoms with Crippen LogP contribution in [0.5, 0.6) is 0 Å². The summed E-state index contributed by atoms with van der Waals surface area (Å²) in [5, 5.41) is 14.1. The number of hydrogen-bond donors (Lipinski definition) is 1. The first kappa shape index (κ1) is 20.4. The van der Waals surface area contributed by atoms with Gasteiger partial charge in [-0.25, -0.2) is 4.98 Å². The van der Waals surface area contributed by atoms with Crippen LogP contribution in [0.25, 0.3) is 10.9 Å². The van der Waals surface area contributed by atoms with E-state index in [4.69, 9.17) is 4.98 Å². The molecule has 0 bridgehead atoms. The number of piperazine rings is 2. The van der Waals surface area contributed by atoms with Crippen molar-refractivity contribution in [2.75, 3.05) is 49.1 Å². The number of nitriles is 1. The smallest absolute Gasteiger partial charge is 0.132 e. The average Bonchev–Trinajstić information content (AvgIpc) is 2.87. The van der Waals surface area contributed by atoms with E-state index >= 15 is 0 Å². The fraction of sp³-hybridized carbons (Fsp3) is 0.423. The molecule has 2 atom stereocenters. The van der Waals surface area contributed by atoms with Gasteiger partial charge in [-0.15, -0.1) is 0 Å². The molecule has 0 aliphatic carbocycles. The summed E-state index contributed by atoms with van der Waals surface area (Å²) in [6.45, 7) is 9.35. The lowest BCUT2D eigenvalue weighted by Gasteiger charge is -2.51. The highest BCUT2D eigenvalue weighted by molar-refractivity contribution is 5.95. The number of hydrogen-bond acceptors (Lipinski definition) is 7. The molecule has 0 saturated carbocycles. The third kappa shape index (κ3) is 3.50. The fourth-order valence-corrected chi connectivity index (χ4v) is 5.94. The van der Waals surface area contributed by atoms with E-state index in [0.717, 1.165) is 63.1 Å². The number of nitrogens with zero attached hydrogens (tertiary/aromatic N) is 6. The van der Waals surface area contributed by atoms with Crippen LogP contribution >= 0.6 is 0 Å². The highest BCUT2D eigenvalue weighted by Gasteiger charge is 2.37. The number of rotatable bonds is 2. The maximum Gasteiger partial charge on any atom is 0.132 e. The minimum atomic E-state index is 0.434. The molecule has 0 spiro atoms. The van der Waals surface area contributed by atoms with Gasteiger partial charge in [0.1, 0.15) is 11.9 Å². The van der Waals surface area contributed by atoms with Crippen molar-refractivity contribution in [1.29, 1.82) is 5.26 Å². The monoisotopic (exact) mass is 439 g/mol. The normalized spacial score (nSPS) is 23.2. The molecule has 0 amide bonds. The van der Waals surface area contributed by atoms with E-state index < -0.39 is 0 Å². The molecule has 1 N–H and O–H groups in total. The van der Waals surface area contributed by atoms with Gasteiger partial charge in [0.2, 0.25) is 0 Å². The zero-order valence-electron chi connectivity index (χ0n) is 19.0. The molecule has 2 aromatic heterocycles. The van der Waals surface area contributed by atoms with Crippen LogP contribution in [0.4, 0.5) is 11.5 Å². The second kappa shape index (κ2) is 8.29. The molecule has 3 aliphatic rings. The minimum absolute atomic E-state index is 0.434. The molecule has 168 valence electrons. The van der Waals surface area contributed by atoms with Gasteiger partial charge in [-0.3, -0.25) is 9.88 Å². The number of nitrogens with one attached hydrogen (secondary N) is 1. The minimum Gasteiger partial charge on any atom is -0.368 e. The summed E-state index contributed by atoms with van der Waals surface area (Å²) < 4.78 is 0. The van der Waals surface area contributed by atoms with E-state index in [0.29, 0.717) is 17.6 Å². The van der Waals surface area contributed by atoms with Gasteiger partial charge in [0, 0.05) is 80.4 Å². The highest BCUT2D eigenvalue weighted by Crippen LogP contribution is 2.33. The SMILES string of the molecule is CC1CN(c2ccc(C#N)c3ncccc23)CC2CN(c3nccc4c3CCNC4)CCN12. The van der Waals surface area contributed by atoms with Crippen molar-refractivity contribution in [1.82, 2.24) is 20.2 Å². The van der Waals surface area contributed by atoms with Crippen LogP contribution in [0, 0.1) is 11.3 Å². The van der Waals surface area contributed by atoms with Crippen molar-refractivity contribution in [2.45, 2.75) is 32.0 Å². The molecule has 1 aromatic carbocycles. The molecule has 33 heavy (non-hydrogen) atoms. The number of pyridine rings is 2. The zero-order valence-corrected chi connectivity index (χ0v) is 19.0. The van der Waals surface area contributed by atoms with Gasteiger partial charge in [0.05, 0.1) is 11.1 Å². The molecule has 6 rings (SSSR count). The molecule has 3 aliphatic heterocycles. The zero-order chi connectivity index (χ0) is 22.4. The van der Waals surface area contributed by atoms with E-state index in [9.17, 15) is 5.26 Å². The molecule has 2 saturated heterocycles. The third-order valence-electron chi connectivity index (χ3n) is 7.51. The molecule has 3 aromatic rings. The average molecular weight is 440 g/mol. The first-order valence-corrected chi connectivity index (χ1v) is 11.9. The Morgan fingerprint density at radius 2 is 1.94 bits per heavy atom. The van der Waals surface area contributed by atoms with E-state index in [2.05, 4.69) is 56.2 Å². The lowest BCUT2D eigenvalue weighted by Crippen LogP contribution is -2.65. The predicted molar refractivity (Wildman–Crippen MR) is 130 cm³/mol. The maximum absolute atomic E-state index is 9.53. The second-order valence-corrected chi connectivity index (χ2v) is 9.43. The Balaban J connectivity index is 1.30. The molecule has 7 heteroatoms. The lowest BCUT2D eigenvalue weighted by atomic mass is 9.99. The van der Waals surface area contributed by atoms with Crippen molar-refractivity contribution in [2.24, 2.45) is 0 Å². The van der Waals surface area contributed by atoms with Gasteiger partial charge in [0.25, 0.3) is 0 Å². The van der Waals surface area contributed by atoms with E-state index in [1.165, 1.54) is 22.6 Å². The van der Waals surface area contributed by atoms with Crippen LogP contribution in [0.15, 0.2) is 42.7 Å². The van der Waals surface area contributed by atoms with Crippen LogP contribution in [-0.2, 0) is 13.0 Å². The van der Waals surface area contributed by atoms with Crippen LogP contribution in [0.2, 0.25) is 0 Å². The number of benzene rings is 1. The highest BCUT2D eigenvalue weighted by atomic mass is 15.4. The van der Waals surface area contributed by atoms with Gasteiger partial charge in [0.15, 0.2) is 0 Å². The number of aromatic nitrogens is 2. The summed E-state index contributed by atoms with van der Waals surface area (Å²) in [5.74, 6) is 1.19. The number of anilines is 2. The Hall–Kier alpha value is -3.21. The lowest BCUT2D eigenvalue weighted by molar-refractivity contribution is 0.108. The van der Waals surface area contributed by atoms with Gasteiger partial charge in [-0.05, 0) is 55.8 Å². The van der Waals surface area contributed by atoms with Crippen LogP contribution < -0.4 is 15.1 Å². The summed E-state index contributed by atoms with van der Waals surface area (Å²) >= 11 is 0. The molecular weight excluding hydrogens is 410 g/mol. The van der Waals surface area contributed by atoms with Crippen LogP contribution in [-0.4, -0.2) is 66.2 Å². The van der Waals surface area contributed by atoms with Gasteiger partial charge >= 0.3 is 0 Å². The van der Waals surface area contributed by atoms with Gasteiger partial charge in [-0.1, -0.05) is 0 Å². The molecule has 5 heterocycles. The Bertz CT molecular complexity index is 1230. The summed E-state index contributed by atoms with van der Waals surface area (Å²) in [6, 6.07) is 13.4. The Kier molecular flexibility index (Phi) is 5.12. The molecule has 7 nitrogen and oxygen atoms in total. The summed E-state index contributed by atoms with van der Waals surface area (Å²) in [7, 11) is 0. The first-order valence-electron chi connectivity index (χ1n) is 11.9. The topological polar surface area (TPSA) is 71.3 Å². The molecule has 0 radical (unpaired) electrons. The Morgan fingerprint density at radius 1 is 1.03 bits per heavy atom. The summed E-state index contributed by atoms with van der Waals surface area (Å²) in [6.07, 6.45) is 4.80. The standard InChI is InChI=1S/C26H29N7/c1-18-15-32(24-5-4-19(13-27)25-23(24)3-2-8-29-25)17-21-16-31(11-12-33(18)21)26-22-7-9-28-14-20(22)6-10-30-26/h2-6,8,10,18,21,28H,7,9,11-12,14-17H2,1H3. The quantitative estimate of drug-likeness (QED) is 0.658. The molecule has 2 unspecified atom stereocenters. The van der Waals surface area contributed by atoms with E-state index in [1.807, 2.05) is 18.3 Å². The number of fused-ring (bicyclic) bond motifs is 3. The van der Waals surface area contributed by atoms with Crippen molar-refractivity contribution in [3.05, 3.63) is 59.4 Å². The van der Waals surface area contributed by atoms with Crippen molar-refractivity contribution in [3.63, 3.8) is 0 Å². The Morgan fingerprint density at radius 3 is 2.85 bits per heavy atom. The largest absolute Gasteiger partial charge is 0.368 e. The third-order valence-corrected chi connectivity index (χ3v) is 7.51.